The Balaban J connectivity index is 2.65. The quantitative estimate of drug-likeness (QED) is 0.688. The first-order chi connectivity index (χ1) is 9.60. The Morgan fingerprint density at radius 3 is 2.85 bits per heavy atom. The molecule has 0 spiro atoms. The minimum Gasteiger partial charge on any atom is -0.493 e. The first-order valence-electron chi connectivity index (χ1n) is 6.11. The zero-order chi connectivity index (χ0) is 14.7. The lowest BCUT2D eigenvalue weighted by Gasteiger charge is -2.05. The lowest BCUT2D eigenvalue weighted by molar-refractivity contribution is -0.139. The van der Waals surface area contributed by atoms with Gasteiger partial charge in [-0.25, -0.2) is 4.39 Å². The monoisotopic (exact) mass is 275 g/mol. The molecule has 0 saturated heterocycles. The van der Waals surface area contributed by atoms with Crippen LogP contribution in [0, 0.1) is 18.2 Å². The van der Waals surface area contributed by atoms with Crippen LogP contribution >= 0.6 is 0 Å². The Morgan fingerprint density at radius 2 is 2.25 bits per heavy atom. The number of terminal acetylenes is 1. The number of nitrogens with one attached hydrogen (secondary N) is 1. The number of hydrogen-bond acceptors (Lipinski definition) is 3. The fraction of sp³-hybridized carbons (Fsp3) is 0.267. The van der Waals surface area contributed by atoms with Crippen molar-refractivity contribution in [3.63, 3.8) is 0 Å². The molecule has 4 nitrogen and oxygen atoms in total. The highest BCUT2D eigenvalue weighted by Crippen LogP contribution is 2.32. The zero-order valence-electron chi connectivity index (χ0n) is 11.2. The summed E-state index contributed by atoms with van der Waals surface area (Å²) >= 11 is 0. The summed E-state index contributed by atoms with van der Waals surface area (Å²) in [4.78, 5) is 14.3. The van der Waals surface area contributed by atoms with E-state index in [1.807, 2.05) is 0 Å². The van der Waals surface area contributed by atoms with Crippen molar-refractivity contribution in [3.8, 4) is 18.1 Å². The van der Waals surface area contributed by atoms with Crippen LogP contribution in [0.5, 0.6) is 5.75 Å². The number of hydrogen-bond donors (Lipinski definition) is 1. The Bertz CT molecular complexity index is 697. The Labute approximate surface area is 115 Å². The number of rotatable bonds is 4. The van der Waals surface area contributed by atoms with Crippen LogP contribution in [0.1, 0.15) is 18.2 Å². The summed E-state index contributed by atoms with van der Waals surface area (Å²) in [7, 11) is 1.30. The van der Waals surface area contributed by atoms with Crippen LogP contribution in [0.3, 0.4) is 0 Å². The Morgan fingerprint density at radius 1 is 1.50 bits per heavy atom. The van der Waals surface area contributed by atoms with Gasteiger partial charge < -0.3 is 14.5 Å². The van der Waals surface area contributed by atoms with Gasteiger partial charge in [0.1, 0.15) is 11.6 Å². The van der Waals surface area contributed by atoms with Crippen molar-refractivity contribution in [1.82, 2.24) is 4.98 Å². The molecule has 2 rings (SSSR count). The number of ether oxygens (including phenoxy) is 2. The molecule has 0 aliphatic rings. The number of carbonyl (C=O) groups is 1. The predicted octanol–water partition coefficient (Wildman–Crippen LogP) is 2.40. The molecule has 2 aromatic rings. The van der Waals surface area contributed by atoms with E-state index in [1.165, 1.54) is 19.2 Å². The number of H-pyrrole nitrogens is 1. The lowest BCUT2D eigenvalue weighted by Crippen LogP contribution is -2.05. The van der Waals surface area contributed by atoms with E-state index < -0.39 is 11.8 Å². The number of benzene rings is 1. The molecule has 0 aliphatic heterocycles. The van der Waals surface area contributed by atoms with E-state index in [-0.39, 0.29) is 6.42 Å². The van der Waals surface area contributed by atoms with Crippen LogP contribution in [-0.4, -0.2) is 24.7 Å². The van der Waals surface area contributed by atoms with Gasteiger partial charge in [0, 0.05) is 11.8 Å². The van der Waals surface area contributed by atoms with Gasteiger partial charge in [0.05, 0.1) is 36.6 Å². The maximum atomic E-state index is 13.6. The molecule has 0 saturated carbocycles. The largest absolute Gasteiger partial charge is 0.493 e. The lowest BCUT2D eigenvalue weighted by atomic mass is 10.1. The van der Waals surface area contributed by atoms with Crippen LogP contribution in [0.2, 0.25) is 0 Å². The average Bonchev–Trinajstić information content (AvgIpc) is 2.75. The highest BCUT2D eigenvalue weighted by Gasteiger charge is 2.18. The van der Waals surface area contributed by atoms with E-state index in [4.69, 9.17) is 11.2 Å². The fourth-order valence-corrected chi connectivity index (χ4v) is 2.09. The summed E-state index contributed by atoms with van der Waals surface area (Å²) in [6, 6.07) is 2.60. The summed E-state index contributed by atoms with van der Waals surface area (Å²) in [5, 5.41) is 0.606. The van der Waals surface area contributed by atoms with E-state index in [1.54, 1.807) is 6.92 Å². The minimum absolute atomic E-state index is 0.00209. The van der Waals surface area contributed by atoms with Crippen LogP contribution in [-0.2, 0) is 16.0 Å². The molecule has 104 valence electrons. The molecule has 1 aromatic heterocycles. The van der Waals surface area contributed by atoms with E-state index >= 15 is 0 Å². The number of esters is 1. The molecular weight excluding hydrogens is 261 g/mol. The second-order valence-electron chi connectivity index (χ2n) is 4.14. The van der Waals surface area contributed by atoms with Crippen molar-refractivity contribution in [2.75, 3.05) is 13.7 Å². The molecule has 0 bridgehead atoms. The molecular formula is C15H14FNO3. The Hall–Kier alpha value is -2.48. The van der Waals surface area contributed by atoms with Crippen molar-refractivity contribution in [2.45, 2.75) is 13.3 Å². The molecule has 1 heterocycles. The van der Waals surface area contributed by atoms with Crippen LogP contribution < -0.4 is 4.74 Å². The van der Waals surface area contributed by atoms with Gasteiger partial charge in [-0.2, -0.15) is 0 Å². The third-order valence-corrected chi connectivity index (χ3v) is 2.90. The maximum Gasteiger partial charge on any atom is 0.311 e. The molecule has 1 N–H and O–H groups in total. The summed E-state index contributed by atoms with van der Waals surface area (Å²) in [5.41, 5.74) is 1.51. The van der Waals surface area contributed by atoms with Crippen molar-refractivity contribution >= 4 is 16.9 Å². The number of carbonyl (C=O) groups excluding carboxylic acids is 1. The van der Waals surface area contributed by atoms with E-state index in [2.05, 4.69) is 15.6 Å². The molecule has 0 atom stereocenters. The second kappa shape index (κ2) is 5.66. The third-order valence-electron chi connectivity index (χ3n) is 2.90. The van der Waals surface area contributed by atoms with Crippen LogP contribution in [0.25, 0.3) is 10.9 Å². The van der Waals surface area contributed by atoms with Gasteiger partial charge in [0.25, 0.3) is 0 Å². The van der Waals surface area contributed by atoms with E-state index in [0.29, 0.717) is 34.5 Å². The van der Waals surface area contributed by atoms with E-state index in [0.717, 1.165) is 0 Å². The second-order valence-corrected chi connectivity index (χ2v) is 4.14. The number of methoxy groups -OCH3 is 1. The number of halogens is 1. The molecule has 0 aliphatic carbocycles. The Kier molecular flexibility index (Phi) is 3.94. The SMILES string of the molecule is C#Cc1c(CC(=O)OC)[nH]c2cc(F)cc(OCC)c12. The smallest absolute Gasteiger partial charge is 0.311 e. The minimum atomic E-state index is -0.435. The van der Waals surface area contributed by atoms with Crippen molar-refractivity contribution in [2.24, 2.45) is 0 Å². The van der Waals surface area contributed by atoms with Crippen LogP contribution in [0.4, 0.5) is 4.39 Å². The van der Waals surface area contributed by atoms with Crippen LogP contribution in [0.15, 0.2) is 12.1 Å². The summed E-state index contributed by atoms with van der Waals surface area (Å²) < 4.78 is 23.6. The highest BCUT2D eigenvalue weighted by molar-refractivity contribution is 5.94. The van der Waals surface area contributed by atoms with Gasteiger partial charge in [-0.15, -0.1) is 6.42 Å². The highest BCUT2D eigenvalue weighted by atomic mass is 19.1. The predicted molar refractivity (Wildman–Crippen MR) is 73.1 cm³/mol. The van der Waals surface area contributed by atoms with Crippen molar-refractivity contribution in [3.05, 3.63) is 29.2 Å². The summed E-state index contributed by atoms with van der Waals surface area (Å²) in [6.45, 7) is 2.19. The maximum absolute atomic E-state index is 13.6. The third kappa shape index (κ3) is 2.45. The van der Waals surface area contributed by atoms with Gasteiger partial charge in [0.15, 0.2) is 0 Å². The molecule has 0 radical (unpaired) electrons. The van der Waals surface area contributed by atoms with E-state index in [9.17, 15) is 9.18 Å². The van der Waals surface area contributed by atoms with Gasteiger partial charge in [-0.3, -0.25) is 4.79 Å². The molecule has 0 unspecified atom stereocenters. The fourth-order valence-electron chi connectivity index (χ4n) is 2.09. The summed E-state index contributed by atoms with van der Waals surface area (Å²) in [5.74, 6) is 2.03. The van der Waals surface area contributed by atoms with Crippen molar-refractivity contribution < 1.29 is 18.7 Å². The molecule has 0 fully saturated rings. The number of aromatic nitrogens is 1. The zero-order valence-corrected chi connectivity index (χ0v) is 11.2. The number of fused-ring (bicyclic) bond motifs is 1. The average molecular weight is 275 g/mol. The standard InChI is InChI=1S/C15H14FNO3/c1-4-10-11(8-14(18)19-3)17-12-6-9(16)7-13(15(10)12)20-5-2/h1,6-7,17H,5,8H2,2-3H3. The van der Waals surface area contributed by atoms with Gasteiger partial charge in [-0.1, -0.05) is 5.92 Å². The molecule has 0 amide bonds. The molecule has 20 heavy (non-hydrogen) atoms. The van der Waals surface area contributed by atoms with Gasteiger partial charge in [-0.05, 0) is 13.0 Å². The summed E-state index contributed by atoms with van der Waals surface area (Å²) in [6.07, 6.45) is 5.51. The topological polar surface area (TPSA) is 51.3 Å². The van der Waals surface area contributed by atoms with Crippen molar-refractivity contribution in [1.29, 1.82) is 0 Å². The molecule has 5 heteroatoms. The first-order valence-corrected chi connectivity index (χ1v) is 6.11. The normalized spacial score (nSPS) is 10.3. The number of aromatic amines is 1. The first kappa shape index (κ1) is 13.9. The van der Waals surface area contributed by atoms with Gasteiger partial charge >= 0.3 is 5.97 Å². The molecule has 1 aromatic carbocycles. The van der Waals surface area contributed by atoms with Gasteiger partial charge in [0.2, 0.25) is 0 Å².